The Hall–Kier alpha value is -2.12. The first-order valence-corrected chi connectivity index (χ1v) is 5.71. The Bertz CT molecular complexity index is 629. The zero-order chi connectivity index (χ0) is 13.8. The second-order valence-corrected chi connectivity index (χ2v) is 4.27. The van der Waals surface area contributed by atoms with Crippen LogP contribution in [0.3, 0.4) is 0 Å². The van der Waals surface area contributed by atoms with Gasteiger partial charge in [-0.25, -0.2) is 9.80 Å². The number of nitrogens with one attached hydrogen (secondary N) is 2. The van der Waals surface area contributed by atoms with E-state index in [-0.39, 0.29) is 19.1 Å². The number of hydrogen-bond donors (Lipinski definition) is 2. The van der Waals surface area contributed by atoms with E-state index < -0.39 is 5.76 Å². The number of H-pyrrole nitrogens is 1. The molecule has 2 rings (SSSR count). The first-order chi connectivity index (χ1) is 9.04. The van der Waals surface area contributed by atoms with Gasteiger partial charge in [0.15, 0.2) is 5.58 Å². The summed E-state index contributed by atoms with van der Waals surface area (Å²) in [4.78, 5) is 24.9. The average molecular weight is 265 g/mol. The molecule has 0 aliphatic rings. The zero-order valence-corrected chi connectivity index (χ0v) is 10.7. The highest BCUT2D eigenvalue weighted by Gasteiger charge is 2.04. The van der Waals surface area contributed by atoms with E-state index in [1.54, 1.807) is 37.3 Å². The van der Waals surface area contributed by atoms with Crippen LogP contribution in [0.2, 0.25) is 0 Å². The van der Waals surface area contributed by atoms with Crippen molar-refractivity contribution in [2.24, 2.45) is 0 Å². The highest BCUT2D eigenvalue weighted by atomic mass is 16.5. The minimum atomic E-state index is -0.488. The van der Waals surface area contributed by atoms with E-state index >= 15 is 0 Å². The van der Waals surface area contributed by atoms with Crippen molar-refractivity contribution >= 4 is 17.0 Å². The van der Waals surface area contributed by atoms with Gasteiger partial charge in [-0.3, -0.25) is 15.2 Å². The number of carbonyl (C=O) groups is 1. The lowest BCUT2D eigenvalue weighted by Gasteiger charge is -2.11. The van der Waals surface area contributed by atoms with Crippen LogP contribution in [0, 0.1) is 0 Å². The van der Waals surface area contributed by atoms with E-state index in [9.17, 15) is 9.59 Å². The molecule has 19 heavy (non-hydrogen) atoms. The molecule has 0 radical (unpaired) electrons. The van der Waals surface area contributed by atoms with Crippen molar-refractivity contribution in [1.82, 2.24) is 15.4 Å². The molecular weight excluding hydrogens is 250 g/mol. The van der Waals surface area contributed by atoms with E-state index in [1.807, 2.05) is 0 Å². The third-order valence-electron chi connectivity index (χ3n) is 2.33. The molecular formula is C12H15N3O4. The van der Waals surface area contributed by atoms with Gasteiger partial charge in [-0.2, -0.15) is 0 Å². The summed E-state index contributed by atoms with van der Waals surface area (Å²) in [6.07, 6.45) is 0. The number of rotatable bonds is 5. The van der Waals surface area contributed by atoms with Gasteiger partial charge in [-0.15, -0.1) is 0 Å². The largest absolute Gasteiger partial charge is 0.417 e. The number of aromatic amines is 1. The van der Waals surface area contributed by atoms with Crippen LogP contribution in [0.15, 0.2) is 27.4 Å². The summed E-state index contributed by atoms with van der Waals surface area (Å²) >= 11 is 0. The van der Waals surface area contributed by atoms with Crippen molar-refractivity contribution in [2.75, 3.05) is 20.7 Å². The summed E-state index contributed by atoms with van der Waals surface area (Å²) in [5.41, 5.74) is 4.53. The first kappa shape index (κ1) is 13.3. The number of nitrogens with zero attached hydrogens (tertiary/aromatic N) is 1. The molecule has 0 fully saturated rings. The van der Waals surface area contributed by atoms with Crippen molar-refractivity contribution in [3.05, 3.63) is 34.3 Å². The molecule has 0 aliphatic carbocycles. The number of fused-ring (bicyclic) bond motifs is 1. The number of carbonyl (C=O) groups excluding carboxylic acids is 1. The Morgan fingerprint density at radius 2 is 2.26 bits per heavy atom. The van der Waals surface area contributed by atoms with Crippen LogP contribution in [0.5, 0.6) is 0 Å². The van der Waals surface area contributed by atoms with Gasteiger partial charge >= 0.3 is 5.76 Å². The van der Waals surface area contributed by atoms with Crippen molar-refractivity contribution in [2.45, 2.75) is 6.61 Å². The van der Waals surface area contributed by atoms with Crippen LogP contribution >= 0.6 is 0 Å². The number of hydrogen-bond acceptors (Lipinski definition) is 5. The third kappa shape index (κ3) is 3.67. The Kier molecular flexibility index (Phi) is 3.98. The fraction of sp³-hybridized carbons (Fsp3) is 0.333. The normalized spacial score (nSPS) is 11.1. The maximum Gasteiger partial charge on any atom is 0.417 e. The van der Waals surface area contributed by atoms with E-state index in [0.29, 0.717) is 11.1 Å². The Labute approximate surface area is 109 Å². The molecule has 0 atom stereocenters. The van der Waals surface area contributed by atoms with Crippen LogP contribution in [0.25, 0.3) is 11.1 Å². The molecule has 1 heterocycles. The monoisotopic (exact) mass is 265 g/mol. The van der Waals surface area contributed by atoms with E-state index in [0.717, 1.165) is 5.56 Å². The average Bonchev–Trinajstić information content (AvgIpc) is 2.67. The van der Waals surface area contributed by atoms with Gasteiger partial charge in [0.25, 0.3) is 5.91 Å². The lowest BCUT2D eigenvalue weighted by atomic mass is 10.2. The second kappa shape index (κ2) is 5.68. The van der Waals surface area contributed by atoms with E-state index in [2.05, 4.69) is 10.4 Å². The topological polar surface area (TPSA) is 87.6 Å². The maximum absolute atomic E-state index is 11.3. The molecule has 2 N–H and O–H groups in total. The van der Waals surface area contributed by atoms with Crippen LogP contribution in [0.4, 0.5) is 0 Å². The molecule has 2 aromatic rings. The standard InChI is InChI=1S/C12H15N3O4/c1-15(2)14-11(16)7-18-6-8-3-4-10-9(5-8)13-12(17)19-10/h3-5H,6-7H2,1-2H3,(H,13,17)(H,14,16). The predicted octanol–water partition coefficient (Wildman–Crippen LogP) is 0.230. The van der Waals surface area contributed by atoms with Crippen LogP contribution in [0.1, 0.15) is 5.56 Å². The molecule has 7 nitrogen and oxygen atoms in total. The Morgan fingerprint density at radius 1 is 1.47 bits per heavy atom. The summed E-state index contributed by atoms with van der Waals surface area (Å²) in [6.45, 7) is 0.252. The molecule has 102 valence electrons. The molecule has 1 amide bonds. The highest BCUT2D eigenvalue weighted by Crippen LogP contribution is 2.12. The molecule has 0 unspecified atom stereocenters. The van der Waals surface area contributed by atoms with Gasteiger partial charge in [0.1, 0.15) is 6.61 Å². The summed E-state index contributed by atoms with van der Waals surface area (Å²) in [5, 5.41) is 1.55. The zero-order valence-electron chi connectivity index (χ0n) is 10.7. The van der Waals surface area contributed by atoms with E-state index in [4.69, 9.17) is 9.15 Å². The van der Waals surface area contributed by atoms with E-state index in [1.165, 1.54) is 0 Å². The highest BCUT2D eigenvalue weighted by molar-refractivity contribution is 5.76. The predicted molar refractivity (Wildman–Crippen MR) is 68.3 cm³/mol. The lowest BCUT2D eigenvalue weighted by molar-refractivity contribution is -0.129. The van der Waals surface area contributed by atoms with Crippen molar-refractivity contribution in [3.63, 3.8) is 0 Å². The Balaban J connectivity index is 1.91. The quantitative estimate of drug-likeness (QED) is 0.756. The van der Waals surface area contributed by atoms with Crippen molar-refractivity contribution < 1.29 is 13.9 Å². The van der Waals surface area contributed by atoms with Crippen molar-refractivity contribution in [3.8, 4) is 0 Å². The first-order valence-electron chi connectivity index (χ1n) is 5.71. The lowest BCUT2D eigenvalue weighted by Crippen LogP contribution is -2.38. The molecule has 1 aromatic heterocycles. The number of aromatic nitrogens is 1. The fourth-order valence-electron chi connectivity index (χ4n) is 1.63. The number of oxazole rings is 1. The van der Waals surface area contributed by atoms with Gasteiger partial charge in [-0.05, 0) is 17.7 Å². The Morgan fingerprint density at radius 3 is 3.00 bits per heavy atom. The van der Waals surface area contributed by atoms with Gasteiger partial charge in [0, 0.05) is 14.1 Å². The fourth-order valence-corrected chi connectivity index (χ4v) is 1.63. The molecule has 0 aliphatic heterocycles. The number of hydrazine groups is 1. The molecule has 0 saturated heterocycles. The summed E-state index contributed by atoms with van der Waals surface area (Å²) in [7, 11) is 3.45. The maximum atomic E-state index is 11.3. The molecule has 0 saturated carbocycles. The van der Waals surface area contributed by atoms with Gasteiger partial charge in [0.2, 0.25) is 0 Å². The smallest absolute Gasteiger partial charge is 0.408 e. The molecule has 0 spiro atoms. The van der Waals surface area contributed by atoms with Gasteiger partial charge < -0.3 is 9.15 Å². The summed E-state index contributed by atoms with van der Waals surface area (Å²) < 4.78 is 10.2. The molecule has 1 aromatic carbocycles. The number of benzene rings is 1. The minimum Gasteiger partial charge on any atom is -0.408 e. The minimum absolute atomic E-state index is 0.0296. The molecule has 0 bridgehead atoms. The van der Waals surface area contributed by atoms with Crippen LogP contribution < -0.4 is 11.2 Å². The second-order valence-electron chi connectivity index (χ2n) is 4.27. The van der Waals surface area contributed by atoms with Crippen molar-refractivity contribution in [1.29, 1.82) is 0 Å². The summed E-state index contributed by atoms with van der Waals surface area (Å²) in [6, 6.07) is 5.22. The molecule has 7 heteroatoms. The summed E-state index contributed by atoms with van der Waals surface area (Å²) in [5.74, 6) is -0.707. The van der Waals surface area contributed by atoms with Gasteiger partial charge in [0.05, 0.1) is 12.1 Å². The third-order valence-corrected chi connectivity index (χ3v) is 2.33. The van der Waals surface area contributed by atoms with Crippen LogP contribution in [-0.2, 0) is 16.1 Å². The number of ether oxygens (including phenoxy) is 1. The number of amides is 1. The van der Waals surface area contributed by atoms with Gasteiger partial charge in [-0.1, -0.05) is 6.07 Å². The van der Waals surface area contributed by atoms with Crippen LogP contribution in [-0.4, -0.2) is 36.6 Å². The SMILES string of the molecule is CN(C)NC(=O)COCc1ccc2oc(=O)[nH]c2c1.